The van der Waals surface area contributed by atoms with Crippen molar-refractivity contribution in [3.8, 4) is 0 Å². The molecule has 1 amide bonds. The second-order valence-corrected chi connectivity index (χ2v) is 5.52. The van der Waals surface area contributed by atoms with E-state index in [4.69, 9.17) is 0 Å². The molecule has 4 nitrogen and oxygen atoms in total. The third kappa shape index (κ3) is 2.61. The minimum absolute atomic E-state index is 0.168. The molecule has 0 radical (unpaired) electrons. The standard InChI is InChI=1S/C17H17NO3/c19-16(18-10-11-4-1-5-11)13-8-2-6-12-7-3-9-14(15(12)13)17(20)21/h2-3,6-9,11H,1,4-5,10H2,(H,18,19)(H,20,21). The molecule has 108 valence electrons. The van der Waals surface area contributed by atoms with Gasteiger partial charge in [-0.15, -0.1) is 0 Å². The average Bonchev–Trinajstić information content (AvgIpc) is 2.44. The highest BCUT2D eigenvalue weighted by molar-refractivity contribution is 6.14. The number of fused-ring (bicyclic) bond motifs is 1. The lowest BCUT2D eigenvalue weighted by Crippen LogP contribution is -2.32. The van der Waals surface area contributed by atoms with E-state index in [1.807, 2.05) is 12.1 Å². The molecule has 0 aliphatic heterocycles. The van der Waals surface area contributed by atoms with Crippen LogP contribution < -0.4 is 5.32 Å². The molecule has 2 N–H and O–H groups in total. The second-order valence-electron chi connectivity index (χ2n) is 5.52. The van der Waals surface area contributed by atoms with Crippen LogP contribution in [0.3, 0.4) is 0 Å². The van der Waals surface area contributed by atoms with Crippen LogP contribution in [0, 0.1) is 5.92 Å². The van der Waals surface area contributed by atoms with Gasteiger partial charge in [-0.2, -0.15) is 0 Å². The fraction of sp³-hybridized carbons (Fsp3) is 0.294. The van der Waals surface area contributed by atoms with E-state index in [2.05, 4.69) is 5.32 Å². The number of hydrogen-bond donors (Lipinski definition) is 2. The summed E-state index contributed by atoms with van der Waals surface area (Å²) in [5.74, 6) is -0.635. The molecular formula is C17H17NO3. The Morgan fingerprint density at radius 1 is 1.10 bits per heavy atom. The first kappa shape index (κ1) is 13.6. The lowest BCUT2D eigenvalue weighted by molar-refractivity contribution is 0.0699. The number of carboxylic acids is 1. The number of carboxylic acid groups (broad SMARTS) is 1. The monoisotopic (exact) mass is 283 g/mol. The van der Waals surface area contributed by atoms with Crippen molar-refractivity contribution >= 4 is 22.6 Å². The number of carbonyl (C=O) groups is 2. The molecule has 0 aromatic heterocycles. The van der Waals surface area contributed by atoms with Gasteiger partial charge >= 0.3 is 5.97 Å². The van der Waals surface area contributed by atoms with Crippen LogP contribution in [0.2, 0.25) is 0 Å². The fourth-order valence-electron chi connectivity index (χ4n) is 2.74. The van der Waals surface area contributed by atoms with E-state index >= 15 is 0 Å². The predicted octanol–water partition coefficient (Wildman–Crippen LogP) is 3.07. The van der Waals surface area contributed by atoms with E-state index in [1.54, 1.807) is 18.2 Å². The van der Waals surface area contributed by atoms with Gasteiger partial charge in [-0.25, -0.2) is 4.79 Å². The van der Waals surface area contributed by atoms with Crippen LogP contribution in [0.25, 0.3) is 10.8 Å². The summed E-state index contributed by atoms with van der Waals surface area (Å²) in [6, 6.07) is 10.3. The zero-order valence-corrected chi connectivity index (χ0v) is 11.6. The largest absolute Gasteiger partial charge is 0.478 e. The molecule has 0 atom stereocenters. The molecule has 0 bridgehead atoms. The van der Waals surface area contributed by atoms with E-state index in [1.165, 1.54) is 12.5 Å². The number of carbonyl (C=O) groups excluding carboxylic acids is 1. The van der Waals surface area contributed by atoms with Crippen LogP contribution in [-0.4, -0.2) is 23.5 Å². The normalized spacial score (nSPS) is 14.7. The Morgan fingerprint density at radius 2 is 1.76 bits per heavy atom. The summed E-state index contributed by atoms with van der Waals surface area (Å²) in [6.07, 6.45) is 3.56. The van der Waals surface area contributed by atoms with Crippen molar-refractivity contribution in [1.29, 1.82) is 0 Å². The van der Waals surface area contributed by atoms with Crippen molar-refractivity contribution in [2.75, 3.05) is 6.54 Å². The molecule has 0 heterocycles. The summed E-state index contributed by atoms with van der Waals surface area (Å²) in [5.41, 5.74) is 0.603. The zero-order valence-electron chi connectivity index (χ0n) is 11.6. The highest BCUT2D eigenvalue weighted by Crippen LogP contribution is 2.26. The van der Waals surface area contributed by atoms with Gasteiger partial charge in [-0.05, 0) is 36.3 Å². The molecule has 1 aliphatic carbocycles. The van der Waals surface area contributed by atoms with Crippen LogP contribution in [-0.2, 0) is 0 Å². The maximum Gasteiger partial charge on any atom is 0.336 e. The fourth-order valence-corrected chi connectivity index (χ4v) is 2.74. The third-order valence-electron chi connectivity index (χ3n) is 4.16. The van der Waals surface area contributed by atoms with Gasteiger partial charge in [0.15, 0.2) is 0 Å². The van der Waals surface area contributed by atoms with E-state index in [-0.39, 0.29) is 11.5 Å². The SMILES string of the molecule is O=C(O)c1cccc2cccc(C(=O)NCC3CCC3)c12. The van der Waals surface area contributed by atoms with Crippen molar-refractivity contribution in [3.63, 3.8) is 0 Å². The first-order valence-electron chi connectivity index (χ1n) is 7.20. The first-order chi connectivity index (χ1) is 10.2. The maximum absolute atomic E-state index is 12.4. The number of benzene rings is 2. The van der Waals surface area contributed by atoms with E-state index in [0.717, 1.165) is 18.2 Å². The Kier molecular flexibility index (Phi) is 3.60. The van der Waals surface area contributed by atoms with Gasteiger partial charge in [0.1, 0.15) is 0 Å². The van der Waals surface area contributed by atoms with Crippen molar-refractivity contribution in [2.24, 2.45) is 5.92 Å². The summed E-state index contributed by atoms with van der Waals surface area (Å²) >= 11 is 0. The summed E-state index contributed by atoms with van der Waals surface area (Å²) in [5, 5.41) is 13.5. The second kappa shape index (κ2) is 5.56. The number of nitrogens with one attached hydrogen (secondary N) is 1. The molecule has 0 unspecified atom stereocenters. The van der Waals surface area contributed by atoms with Gasteiger partial charge in [-0.1, -0.05) is 30.7 Å². The molecule has 2 aromatic carbocycles. The molecular weight excluding hydrogens is 266 g/mol. The molecule has 0 spiro atoms. The summed E-state index contributed by atoms with van der Waals surface area (Å²) in [6.45, 7) is 0.671. The minimum atomic E-state index is -1.01. The van der Waals surface area contributed by atoms with Gasteiger partial charge in [-0.3, -0.25) is 4.79 Å². The smallest absolute Gasteiger partial charge is 0.336 e. The Hall–Kier alpha value is -2.36. The average molecular weight is 283 g/mol. The van der Waals surface area contributed by atoms with Gasteiger partial charge in [0.25, 0.3) is 5.91 Å². The highest BCUT2D eigenvalue weighted by atomic mass is 16.4. The summed E-state index contributed by atoms with van der Waals surface area (Å²) in [7, 11) is 0. The highest BCUT2D eigenvalue weighted by Gasteiger charge is 2.20. The van der Waals surface area contributed by atoms with Gasteiger partial charge in [0.2, 0.25) is 0 Å². The van der Waals surface area contributed by atoms with Gasteiger partial charge < -0.3 is 10.4 Å². The lowest BCUT2D eigenvalue weighted by Gasteiger charge is -2.25. The topological polar surface area (TPSA) is 66.4 Å². The van der Waals surface area contributed by atoms with Crippen LogP contribution in [0.1, 0.15) is 40.0 Å². The number of amides is 1. The molecule has 1 saturated carbocycles. The Morgan fingerprint density at radius 3 is 2.33 bits per heavy atom. The number of aromatic carboxylic acids is 1. The van der Waals surface area contributed by atoms with Crippen LogP contribution in [0.5, 0.6) is 0 Å². The molecule has 21 heavy (non-hydrogen) atoms. The van der Waals surface area contributed by atoms with Crippen molar-refractivity contribution in [3.05, 3.63) is 47.5 Å². The maximum atomic E-state index is 12.4. The van der Waals surface area contributed by atoms with E-state index < -0.39 is 5.97 Å². The van der Waals surface area contributed by atoms with Crippen molar-refractivity contribution in [1.82, 2.24) is 5.32 Å². The molecule has 2 aromatic rings. The number of rotatable bonds is 4. The minimum Gasteiger partial charge on any atom is -0.478 e. The summed E-state index contributed by atoms with van der Waals surface area (Å²) in [4.78, 5) is 23.8. The van der Waals surface area contributed by atoms with E-state index in [9.17, 15) is 14.7 Å². The van der Waals surface area contributed by atoms with Gasteiger partial charge in [0, 0.05) is 17.5 Å². The first-order valence-corrected chi connectivity index (χ1v) is 7.20. The van der Waals surface area contributed by atoms with Gasteiger partial charge in [0.05, 0.1) is 5.56 Å². The van der Waals surface area contributed by atoms with Crippen molar-refractivity contribution in [2.45, 2.75) is 19.3 Å². The predicted molar refractivity (Wildman–Crippen MR) is 80.6 cm³/mol. The van der Waals surface area contributed by atoms with Crippen molar-refractivity contribution < 1.29 is 14.7 Å². The Balaban J connectivity index is 1.96. The van der Waals surface area contributed by atoms with Crippen LogP contribution in [0.15, 0.2) is 36.4 Å². The molecule has 4 heteroatoms. The molecule has 3 rings (SSSR count). The lowest BCUT2D eigenvalue weighted by atomic mass is 9.85. The molecule has 0 saturated heterocycles. The zero-order chi connectivity index (χ0) is 14.8. The number of hydrogen-bond acceptors (Lipinski definition) is 2. The third-order valence-corrected chi connectivity index (χ3v) is 4.16. The van der Waals surface area contributed by atoms with Crippen LogP contribution in [0.4, 0.5) is 0 Å². The van der Waals surface area contributed by atoms with E-state index in [0.29, 0.717) is 23.4 Å². The molecule has 1 fully saturated rings. The Bertz CT molecular complexity index is 699. The van der Waals surface area contributed by atoms with Crippen LogP contribution >= 0.6 is 0 Å². The quantitative estimate of drug-likeness (QED) is 0.906. The summed E-state index contributed by atoms with van der Waals surface area (Å²) < 4.78 is 0. The molecule has 1 aliphatic rings. The Labute approximate surface area is 122 Å².